The predicted molar refractivity (Wildman–Crippen MR) is 62.6 cm³/mol. The van der Waals surface area contributed by atoms with Crippen molar-refractivity contribution in [3.8, 4) is 0 Å². The average Bonchev–Trinajstić information content (AvgIpc) is 2.98. The van der Waals surface area contributed by atoms with E-state index in [1.807, 2.05) is 0 Å². The summed E-state index contributed by atoms with van der Waals surface area (Å²) in [5.74, 6) is 1.83. The maximum Gasteiger partial charge on any atom is 0.00989 e. The Labute approximate surface area is 93.2 Å². The fourth-order valence-corrected chi connectivity index (χ4v) is 3.73. The standard InChI is InChI=1S/C13H24N2/c1-15-11-4-5-12(15)8-10(7-11)13(14)6-9-2-3-9/h9-13H,2-8,14H2,1H3. The summed E-state index contributed by atoms with van der Waals surface area (Å²) in [4.78, 5) is 2.61. The van der Waals surface area contributed by atoms with Crippen molar-refractivity contribution in [1.82, 2.24) is 4.90 Å². The molecule has 2 heterocycles. The van der Waals surface area contributed by atoms with Crippen molar-refractivity contribution in [3.05, 3.63) is 0 Å². The van der Waals surface area contributed by atoms with Crippen molar-refractivity contribution in [2.45, 2.75) is 63.1 Å². The molecule has 0 spiro atoms. The van der Waals surface area contributed by atoms with Gasteiger partial charge in [0.1, 0.15) is 0 Å². The molecule has 0 aromatic carbocycles. The summed E-state index contributed by atoms with van der Waals surface area (Å²) in [5.41, 5.74) is 6.37. The molecule has 0 aromatic rings. The van der Waals surface area contributed by atoms with E-state index in [4.69, 9.17) is 5.73 Å². The lowest BCUT2D eigenvalue weighted by molar-refractivity contribution is 0.117. The van der Waals surface area contributed by atoms with Crippen molar-refractivity contribution in [1.29, 1.82) is 0 Å². The first-order valence-corrected chi connectivity index (χ1v) is 6.71. The summed E-state index contributed by atoms with van der Waals surface area (Å²) >= 11 is 0. The van der Waals surface area contributed by atoms with Crippen molar-refractivity contribution in [2.75, 3.05) is 7.05 Å². The molecule has 3 rings (SSSR count). The number of hydrogen-bond donors (Lipinski definition) is 1. The van der Waals surface area contributed by atoms with Gasteiger partial charge in [0.05, 0.1) is 0 Å². The van der Waals surface area contributed by atoms with Crippen LogP contribution in [-0.4, -0.2) is 30.1 Å². The fourth-order valence-electron chi connectivity index (χ4n) is 3.73. The molecule has 0 aromatic heterocycles. The van der Waals surface area contributed by atoms with Gasteiger partial charge >= 0.3 is 0 Å². The van der Waals surface area contributed by atoms with Gasteiger partial charge in [0, 0.05) is 18.1 Å². The van der Waals surface area contributed by atoms with Gasteiger partial charge in [0.2, 0.25) is 0 Å². The Hall–Kier alpha value is -0.0800. The van der Waals surface area contributed by atoms with Crippen LogP contribution in [0.3, 0.4) is 0 Å². The van der Waals surface area contributed by atoms with Crippen LogP contribution in [0.25, 0.3) is 0 Å². The minimum absolute atomic E-state index is 0.509. The third kappa shape index (κ3) is 1.94. The molecule has 3 aliphatic rings. The Balaban J connectivity index is 1.58. The lowest BCUT2D eigenvalue weighted by Gasteiger charge is -2.38. The molecule has 2 saturated heterocycles. The van der Waals surface area contributed by atoms with Crippen molar-refractivity contribution in [2.24, 2.45) is 17.6 Å². The normalized spacial score (nSPS) is 43.2. The highest BCUT2D eigenvalue weighted by Crippen LogP contribution is 2.41. The van der Waals surface area contributed by atoms with E-state index < -0.39 is 0 Å². The second kappa shape index (κ2) is 3.74. The number of rotatable bonds is 3. The van der Waals surface area contributed by atoms with Crippen LogP contribution < -0.4 is 5.73 Å². The Bertz CT molecular complexity index is 223. The van der Waals surface area contributed by atoms with Gasteiger partial charge in [-0.2, -0.15) is 0 Å². The first kappa shape index (κ1) is 10.1. The van der Waals surface area contributed by atoms with E-state index in [9.17, 15) is 0 Å². The van der Waals surface area contributed by atoms with Gasteiger partial charge in [0.25, 0.3) is 0 Å². The van der Waals surface area contributed by atoms with Crippen molar-refractivity contribution in [3.63, 3.8) is 0 Å². The maximum atomic E-state index is 6.37. The lowest BCUT2D eigenvalue weighted by atomic mass is 9.83. The van der Waals surface area contributed by atoms with Crippen LogP contribution in [-0.2, 0) is 0 Å². The van der Waals surface area contributed by atoms with Crippen LogP contribution in [0, 0.1) is 11.8 Å². The Morgan fingerprint density at radius 1 is 1.13 bits per heavy atom. The third-order valence-electron chi connectivity index (χ3n) is 5.04. The van der Waals surface area contributed by atoms with Gasteiger partial charge in [-0.3, -0.25) is 0 Å². The van der Waals surface area contributed by atoms with Gasteiger partial charge < -0.3 is 10.6 Å². The second-order valence-electron chi connectivity index (χ2n) is 6.12. The van der Waals surface area contributed by atoms with Gasteiger partial charge in [-0.15, -0.1) is 0 Å². The van der Waals surface area contributed by atoms with Gasteiger partial charge in [-0.1, -0.05) is 12.8 Å². The number of nitrogens with two attached hydrogens (primary N) is 1. The van der Waals surface area contributed by atoms with Crippen LogP contribution >= 0.6 is 0 Å². The molecule has 86 valence electrons. The molecule has 2 nitrogen and oxygen atoms in total. The highest BCUT2D eigenvalue weighted by atomic mass is 15.2. The van der Waals surface area contributed by atoms with E-state index in [0.29, 0.717) is 6.04 Å². The highest BCUT2D eigenvalue weighted by Gasteiger charge is 2.41. The zero-order valence-electron chi connectivity index (χ0n) is 9.86. The molecular formula is C13H24N2. The molecular weight excluding hydrogens is 184 g/mol. The molecule has 3 unspecified atom stereocenters. The summed E-state index contributed by atoms with van der Waals surface area (Å²) in [6, 6.07) is 2.23. The Morgan fingerprint density at radius 3 is 2.27 bits per heavy atom. The van der Waals surface area contributed by atoms with Crippen LogP contribution in [0.4, 0.5) is 0 Å². The van der Waals surface area contributed by atoms with Crippen LogP contribution in [0.1, 0.15) is 44.9 Å². The Kier molecular flexibility index (Phi) is 2.52. The fraction of sp³-hybridized carbons (Fsp3) is 1.00. The summed E-state index contributed by atoms with van der Waals surface area (Å²) in [5, 5.41) is 0. The summed E-state index contributed by atoms with van der Waals surface area (Å²) in [6.07, 6.45) is 9.82. The van der Waals surface area contributed by atoms with Gasteiger partial charge in [-0.25, -0.2) is 0 Å². The maximum absolute atomic E-state index is 6.37. The molecule has 3 atom stereocenters. The van der Waals surface area contributed by atoms with Crippen molar-refractivity contribution < 1.29 is 0 Å². The average molecular weight is 208 g/mol. The lowest BCUT2D eigenvalue weighted by Crippen LogP contribution is -2.45. The number of piperidine rings is 1. The monoisotopic (exact) mass is 208 g/mol. The molecule has 1 saturated carbocycles. The molecule has 15 heavy (non-hydrogen) atoms. The SMILES string of the molecule is CN1C2CCC1CC(C(N)CC1CC1)C2. The molecule has 2 aliphatic heterocycles. The zero-order chi connectivity index (χ0) is 10.4. The number of nitrogens with zero attached hydrogens (tertiary/aromatic N) is 1. The predicted octanol–water partition coefficient (Wildman–Crippen LogP) is 1.99. The Morgan fingerprint density at radius 2 is 1.73 bits per heavy atom. The quantitative estimate of drug-likeness (QED) is 0.768. The molecule has 3 fully saturated rings. The topological polar surface area (TPSA) is 29.3 Å². The van der Waals surface area contributed by atoms with Crippen LogP contribution in [0.15, 0.2) is 0 Å². The first-order valence-electron chi connectivity index (χ1n) is 6.71. The van der Waals surface area contributed by atoms with E-state index in [1.54, 1.807) is 0 Å². The summed E-state index contributed by atoms with van der Waals surface area (Å²) < 4.78 is 0. The zero-order valence-corrected chi connectivity index (χ0v) is 9.86. The van der Waals surface area contributed by atoms with Gasteiger partial charge in [0.15, 0.2) is 0 Å². The van der Waals surface area contributed by atoms with Crippen LogP contribution in [0.2, 0.25) is 0 Å². The van der Waals surface area contributed by atoms with E-state index in [2.05, 4.69) is 11.9 Å². The largest absolute Gasteiger partial charge is 0.327 e. The molecule has 2 heteroatoms. The first-order chi connectivity index (χ1) is 7.24. The van der Waals surface area contributed by atoms with E-state index in [-0.39, 0.29) is 0 Å². The molecule has 0 radical (unpaired) electrons. The smallest absolute Gasteiger partial charge is 0.00989 e. The number of fused-ring (bicyclic) bond motifs is 2. The molecule has 2 N–H and O–H groups in total. The molecule has 2 bridgehead atoms. The summed E-state index contributed by atoms with van der Waals surface area (Å²) in [7, 11) is 2.31. The summed E-state index contributed by atoms with van der Waals surface area (Å²) in [6.45, 7) is 0. The van der Waals surface area contributed by atoms with E-state index >= 15 is 0 Å². The van der Waals surface area contributed by atoms with E-state index in [0.717, 1.165) is 23.9 Å². The van der Waals surface area contributed by atoms with Crippen LogP contribution in [0.5, 0.6) is 0 Å². The van der Waals surface area contributed by atoms with E-state index in [1.165, 1.54) is 44.9 Å². The molecule has 0 amide bonds. The minimum atomic E-state index is 0.509. The highest BCUT2D eigenvalue weighted by molar-refractivity contribution is 4.96. The molecule has 1 aliphatic carbocycles. The minimum Gasteiger partial charge on any atom is -0.327 e. The third-order valence-corrected chi connectivity index (χ3v) is 5.04. The number of hydrogen-bond acceptors (Lipinski definition) is 2. The van der Waals surface area contributed by atoms with Gasteiger partial charge in [-0.05, 0) is 51.0 Å². The van der Waals surface area contributed by atoms with Crippen molar-refractivity contribution >= 4 is 0 Å². The second-order valence-corrected chi connectivity index (χ2v) is 6.12.